The molecule has 0 spiro atoms. The number of carbonyl (C=O) groups is 1. The van der Waals surface area contributed by atoms with E-state index in [9.17, 15) is 4.79 Å². The Kier molecular flexibility index (Phi) is 4.40. The number of amides is 1. The van der Waals surface area contributed by atoms with Gasteiger partial charge >= 0.3 is 0 Å². The fraction of sp³-hybridized carbons (Fsp3) is 0.294. The van der Waals surface area contributed by atoms with Crippen LogP contribution in [0.1, 0.15) is 29.3 Å². The monoisotopic (exact) mass is 312 g/mol. The third-order valence-electron chi connectivity index (χ3n) is 3.80. The number of likely N-dealkylation sites (tertiary alicyclic amines) is 1. The van der Waals surface area contributed by atoms with Crippen molar-refractivity contribution in [2.45, 2.75) is 18.9 Å². The molecule has 5 heteroatoms. The fourth-order valence-corrected chi connectivity index (χ4v) is 3.62. The number of thiophene rings is 1. The van der Waals surface area contributed by atoms with E-state index >= 15 is 0 Å². The Hall–Kier alpha value is -2.32. The van der Waals surface area contributed by atoms with E-state index in [1.165, 1.54) is 4.88 Å². The molecule has 2 aromatic rings. The van der Waals surface area contributed by atoms with Gasteiger partial charge in [0.25, 0.3) is 5.91 Å². The average Bonchev–Trinajstić information content (AvgIpc) is 3.23. The van der Waals surface area contributed by atoms with Gasteiger partial charge in [-0.15, -0.1) is 11.3 Å². The number of carbonyl (C=O) groups excluding carboxylic acids is 1. The molecule has 2 heterocycles. The number of rotatable bonds is 4. The summed E-state index contributed by atoms with van der Waals surface area (Å²) < 4.78 is 5.56. The molecule has 4 nitrogen and oxygen atoms in total. The minimum atomic E-state index is -0.0272. The predicted octanol–water partition coefficient (Wildman–Crippen LogP) is 3.36. The van der Waals surface area contributed by atoms with Crippen LogP contribution in [0.3, 0.4) is 0 Å². The molecule has 0 N–H and O–H groups in total. The van der Waals surface area contributed by atoms with Crippen molar-refractivity contribution in [1.82, 2.24) is 4.90 Å². The van der Waals surface area contributed by atoms with E-state index in [0.29, 0.717) is 11.3 Å². The number of para-hydroxylation sites is 1. The van der Waals surface area contributed by atoms with E-state index in [0.717, 1.165) is 19.4 Å². The van der Waals surface area contributed by atoms with E-state index in [1.807, 2.05) is 16.3 Å². The van der Waals surface area contributed by atoms with Gasteiger partial charge in [-0.1, -0.05) is 18.2 Å². The zero-order valence-electron chi connectivity index (χ0n) is 12.1. The van der Waals surface area contributed by atoms with Crippen molar-refractivity contribution in [3.05, 3.63) is 52.2 Å². The lowest BCUT2D eigenvalue weighted by atomic mass is 10.2. The van der Waals surface area contributed by atoms with Crippen molar-refractivity contribution >= 4 is 17.2 Å². The van der Waals surface area contributed by atoms with E-state index in [1.54, 1.807) is 35.6 Å². The molecule has 0 aliphatic carbocycles. The van der Waals surface area contributed by atoms with Crippen molar-refractivity contribution in [3.63, 3.8) is 0 Å². The zero-order valence-corrected chi connectivity index (χ0v) is 12.9. The van der Waals surface area contributed by atoms with Crippen LogP contribution in [0.25, 0.3) is 0 Å². The topological polar surface area (TPSA) is 53.3 Å². The van der Waals surface area contributed by atoms with Gasteiger partial charge in [0.1, 0.15) is 11.8 Å². The summed E-state index contributed by atoms with van der Waals surface area (Å²) in [4.78, 5) is 15.6. The molecule has 0 unspecified atom stereocenters. The minimum Gasteiger partial charge on any atom is -0.482 e. The summed E-state index contributed by atoms with van der Waals surface area (Å²) in [5, 5.41) is 11.1. The highest BCUT2D eigenvalue weighted by Crippen LogP contribution is 2.34. The largest absolute Gasteiger partial charge is 0.482 e. The normalized spacial score (nSPS) is 17.2. The third kappa shape index (κ3) is 2.97. The van der Waals surface area contributed by atoms with Gasteiger partial charge in [0.05, 0.1) is 11.6 Å². The van der Waals surface area contributed by atoms with Gasteiger partial charge in [0, 0.05) is 11.4 Å². The predicted molar refractivity (Wildman–Crippen MR) is 84.7 cm³/mol. The van der Waals surface area contributed by atoms with Gasteiger partial charge in [0.15, 0.2) is 6.61 Å². The van der Waals surface area contributed by atoms with Crippen molar-refractivity contribution < 1.29 is 9.53 Å². The molecule has 1 aliphatic heterocycles. The van der Waals surface area contributed by atoms with Crippen LogP contribution in [0.5, 0.6) is 5.75 Å². The van der Waals surface area contributed by atoms with E-state index < -0.39 is 0 Å². The number of hydrogen-bond acceptors (Lipinski definition) is 4. The first-order valence-electron chi connectivity index (χ1n) is 7.24. The molecule has 0 radical (unpaired) electrons. The molecule has 1 fully saturated rings. The van der Waals surface area contributed by atoms with Gasteiger partial charge in [-0.3, -0.25) is 4.79 Å². The first-order valence-corrected chi connectivity index (χ1v) is 8.12. The number of ether oxygens (including phenoxy) is 1. The molecule has 3 rings (SSSR count). The number of hydrogen-bond donors (Lipinski definition) is 0. The van der Waals surface area contributed by atoms with E-state index in [-0.39, 0.29) is 18.6 Å². The third-order valence-corrected chi connectivity index (χ3v) is 4.78. The molecular weight excluding hydrogens is 296 g/mol. The minimum absolute atomic E-state index is 0.0244. The first kappa shape index (κ1) is 14.6. The summed E-state index contributed by atoms with van der Waals surface area (Å²) in [7, 11) is 0. The highest BCUT2D eigenvalue weighted by molar-refractivity contribution is 7.10. The molecule has 1 aromatic carbocycles. The van der Waals surface area contributed by atoms with Gasteiger partial charge < -0.3 is 9.64 Å². The average molecular weight is 312 g/mol. The Bertz CT molecular complexity index is 691. The first-order chi connectivity index (χ1) is 10.8. The molecule has 112 valence electrons. The molecule has 1 aromatic heterocycles. The highest BCUT2D eigenvalue weighted by atomic mass is 32.1. The van der Waals surface area contributed by atoms with Crippen LogP contribution in [0.2, 0.25) is 0 Å². The molecular formula is C17H16N2O2S. The van der Waals surface area contributed by atoms with Crippen LogP contribution in [0.15, 0.2) is 41.8 Å². The number of nitriles is 1. The summed E-state index contributed by atoms with van der Waals surface area (Å²) in [5.41, 5.74) is 0.450. The van der Waals surface area contributed by atoms with E-state index in [2.05, 4.69) is 12.1 Å². The number of nitrogens with zero attached hydrogens (tertiary/aromatic N) is 2. The van der Waals surface area contributed by atoms with Crippen molar-refractivity contribution in [3.8, 4) is 11.8 Å². The summed E-state index contributed by atoms with van der Waals surface area (Å²) in [6.45, 7) is 0.741. The van der Waals surface area contributed by atoms with Gasteiger partial charge in [-0.2, -0.15) is 5.26 Å². The summed E-state index contributed by atoms with van der Waals surface area (Å²) in [5.74, 6) is 0.439. The SMILES string of the molecule is N#Cc1ccccc1OCC(=O)N1CCC[C@H]1c1cccs1. The van der Waals surface area contributed by atoms with Crippen LogP contribution in [0, 0.1) is 11.3 Å². The lowest BCUT2D eigenvalue weighted by Crippen LogP contribution is -2.34. The van der Waals surface area contributed by atoms with Crippen molar-refractivity contribution in [2.24, 2.45) is 0 Å². The Morgan fingerprint density at radius 2 is 2.23 bits per heavy atom. The molecule has 0 saturated carbocycles. The lowest BCUT2D eigenvalue weighted by molar-refractivity contribution is -0.134. The molecule has 0 bridgehead atoms. The Morgan fingerprint density at radius 3 is 3.00 bits per heavy atom. The number of benzene rings is 1. The molecule has 1 aliphatic rings. The summed E-state index contributed by atoms with van der Waals surface area (Å²) in [6, 6.07) is 13.3. The summed E-state index contributed by atoms with van der Waals surface area (Å²) in [6.07, 6.45) is 2.02. The second-order valence-corrected chi connectivity index (χ2v) is 6.14. The molecule has 1 atom stereocenters. The highest BCUT2D eigenvalue weighted by Gasteiger charge is 2.30. The quantitative estimate of drug-likeness (QED) is 0.870. The van der Waals surface area contributed by atoms with Gasteiger partial charge in [0.2, 0.25) is 0 Å². The van der Waals surface area contributed by atoms with Crippen LogP contribution in [-0.2, 0) is 4.79 Å². The lowest BCUT2D eigenvalue weighted by Gasteiger charge is -2.24. The van der Waals surface area contributed by atoms with Gasteiger partial charge in [-0.25, -0.2) is 0 Å². The Labute approximate surface area is 133 Å². The Balaban J connectivity index is 1.66. The van der Waals surface area contributed by atoms with Crippen LogP contribution >= 0.6 is 11.3 Å². The smallest absolute Gasteiger partial charge is 0.261 e. The van der Waals surface area contributed by atoms with Crippen LogP contribution < -0.4 is 4.74 Å². The molecule has 1 saturated heterocycles. The maximum absolute atomic E-state index is 12.4. The summed E-state index contributed by atoms with van der Waals surface area (Å²) >= 11 is 1.68. The Morgan fingerprint density at radius 1 is 1.36 bits per heavy atom. The van der Waals surface area contributed by atoms with Crippen LogP contribution in [-0.4, -0.2) is 24.0 Å². The van der Waals surface area contributed by atoms with Gasteiger partial charge in [-0.05, 0) is 36.4 Å². The van der Waals surface area contributed by atoms with Crippen LogP contribution in [0.4, 0.5) is 0 Å². The van der Waals surface area contributed by atoms with Crippen molar-refractivity contribution in [2.75, 3.05) is 13.2 Å². The second kappa shape index (κ2) is 6.63. The fourth-order valence-electron chi connectivity index (χ4n) is 2.75. The standard InChI is InChI=1S/C17H16N2O2S/c18-11-13-5-1-2-7-15(13)21-12-17(20)19-9-3-6-14(19)16-8-4-10-22-16/h1-2,4-5,7-8,10,14H,3,6,9,12H2/t14-/m0/s1. The maximum atomic E-state index is 12.4. The second-order valence-electron chi connectivity index (χ2n) is 5.16. The van der Waals surface area contributed by atoms with Crippen molar-refractivity contribution in [1.29, 1.82) is 5.26 Å². The molecule has 22 heavy (non-hydrogen) atoms. The maximum Gasteiger partial charge on any atom is 0.261 e. The zero-order chi connectivity index (χ0) is 15.4. The van der Waals surface area contributed by atoms with E-state index in [4.69, 9.17) is 10.00 Å². The molecule has 1 amide bonds.